The van der Waals surface area contributed by atoms with Crippen molar-refractivity contribution in [3.8, 4) is 5.75 Å². The fourth-order valence-electron chi connectivity index (χ4n) is 12.9. The lowest BCUT2D eigenvalue weighted by molar-refractivity contribution is -0.147. The molecule has 47 nitrogen and oxygen atoms in total. The minimum Gasteiger partial charge on any atom is -0.508 e. The number of carbonyl (C=O) groups is 21. The minimum atomic E-state index is -1.85. The first-order chi connectivity index (χ1) is 62.5. The minimum absolute atomic E-state index is 0.0260. The Morgan fingerprint density at radius 3 is 1.20 bits per heavy atom. The fourth-order valence-corrected chi connectivity index (χ4v) is 13.2. The number of nitrogens with two attached hydrogens (primary N) is 5. The summed E-state index contributed by atoms with van der Waals surface area (Å²) in [5.74, 6) is -23.3. The van der Waals surface area contributed by atoms with Crippen LogP contribution < -0.4 is 119 Å². The summed E-state index contributed by atoms with van der Waals surface area (Å²) in [5, 5.41) is 80.5. The van der Waals surface area contributed by atoms with Crippen LogP contribution >= 0.6 is 12.6 Å². The van der Waals surface area contributed by atoms with Gasteiger partial charge in [0.1, 0.15) is 84.3 Å². The van der Waals surface area contributed by atoms with Gasteiger partial charge in [-0.05, 0) is 138 Å². The molecule has 0 aromatic heterocycles. The molecule has 0 radical (unpaired) electrons. The third-order valence-electron chi connectivity index (χ3n) is 20.4. The SMILES string of the molecule is CC[C@H](C)[C@H](NC(=O)CNC(=O)CNC(=O)[C@@H](NC(=O)[C@H](Cc1ccccc1)NC(=O)[C@H](CCCCN)NC(=O)[C@@H](N)CCC(N)=O)[C@@H](C)O)C(=O)NCC(=O)N[C@@H](CC(N)=O)C(=O)N[C@@H](CCCCN)C(=O)N[C@@H](CC(C)C)C(=O)N[C@@H](CS)C(=O)N[C@@H](C)C(=O)N[C@@H](CC(C)C)C(=O)N[C@@H](CC(C)C)C(=O)N[C@@H](Cc1ccc(O)cc1)C(=O)NCC(=O)N[C@@H](CC(=O)O)C(=O)O. The van der Waals surface area contributed by atoms with Gasteiger partial charge >= 0.3 is 11.9 Å². The van der Waals surface area contributed by atoms with Crippen molar-refractivity contribution in [3.63, 3.8) is 0 Å². The third-order valence-corrected chi connectivity index (χ3v) is 20.7. The zero-order chi connectivity index (χ0) is 100. The van der Waals surface area contributed by atoms with Gasteiger partial charge in [-0.2, -0.15) is 12.6 Å². The van der Waals surface area contributed by atoms with Crippen molar-refractivity contribution < 1.29 is 121 Å². The van der Waals surface area contributed by atoms with E-state index in [4.69, 9.17) is 33.8 Å². The number of aromatic hydroxyl groups is 1. The van der Waals surface area contributed by atoms with Gasteiger partial charge in [-0.15, -0.1) is 0 Å². The molecule has 0 saturated carbocycles. The molecule has 0 aliphatic rings. The molecular weight excluding hydrogens is 1760 g/mol. The van der Waals surface area contributed by atoms with Crippen LogP contribution in [0.25, 0.3) is 0 Å². The number of unbranched alkanes of at least 4 members (excludes halogenated alkanes) is 2. The van der Waals surface area contributed by atoms with E-state index < -0.39 is 260 Å². The van der Waals surface area contributed by atoms with Crippen molar-refractivity contribution in [3.05, 3.63) is 65.7 Å². The number of nitrogens with one attached hydrogen (secondary N) is 17. The summed E-state index contributed by atoms with van der Waals surface area (Å²) in [6.45, 7) is 13.0. The number of rotatable bonds is 64. The quantitative estimate of drug-likeness (QED) is 0.0216. The van der Waals surface area contributed by atoms with Crippen LogP contribution in [0.3, 0.4) is 0 Å². The van der Waals surface area contributed by atoms with E-state index in [0.29, 0.717) is 30.4 Å². The van der Waals surface area contributed by atoms with Gasteiger partial charge in [0.05, 0.1) is 51.2 Å². The maximum atomic E-state index is 14.4. The molecule has 0 aliphatic heterocycles. The Morgan fingerprint density at radius 2 is 0.752 bits per heavy atom. The van der Waals surface area contributed by atoms with E-state index in [1.807, 2.05) is 5.32 Å². The number of amides is 19. The highest BCUT2D eigenvalue weighted by molar-refractivity contribution is 7.80. The molecule has 133 heavy (non-hydrogen) atoms. The second kappa shape index (κ2) is 61.1. The van der Waals surface area contributed by atoms with Crippen LogP contribution in [0.2, 0.25) is 0 Å². The molecular formula is C85H136N22O25S. The average Bonchev–Trinajstić information content (AvgIpc) is 0.868. The van der Waals surface area contributed by atoms with Crippen LogP contribution in [0.15, 0.2) is 54.6 Å². The van der Waals surface area contributed by atoms with Crippen LogP contribution in [0.1, 0.15) is 170 Å². The number of carbonyl (C=O) groups excluding carboxylic acids is 19. The lowest BCUT2D eigenvalue weighted by Crippen LogP contribution is -2.60. The van der Waals surface area contributed by atoms with E-state index in [1.54, 1.807) is 85.7 Å². The Kier molecular flexibility index (Phi) is 53.5. The van der Waals surface area contributed by atoms with Gasteiger partial charge in [-0.1, -0.05) is 104 Å². The Bertz CT molecular complexity index is 4260. The predicted octanol–water partition coefficient (Wildman–Crippen LogP) is -7.25. The number of carboxylic acid groups (broad SMARTS) is 2. The Hall–Kier alpha value is -12.7. The molecule has 0 spiro atoms. The molecule has 19 amide bonds. The lowest BCUT2D eigenvalue weighted by atomic mass is 9.98. The van der Waals surface area contributed by atoms with Crippen molar-refractivity contribution >= 4 is 137 Å². The summed E-state index contributed by atoms with van der Waals surface area (Å²) in [5.41, 5.74) is 29.1. The summed E-state index contributed by atoms with van der Waals surface area (Å²) < 4.78 is 0. The van der Waals surface area contributed by atoms with Crippen LogP contribution in [-0.4, -0.2) is 280 Å². The first-order valence-electron chi connectivity index (χ1n) is 43.8. The summed E-state index contributed by atoms with van der Waals surface area (Å²) in [6, 6.07) is -6.97. The molecule has 48 heteroatoms. The predicted molar refractivity (Wildman–Crippen MR) is 484 cm³/mol. The summed E-state index contributed by atoms with van der Waals surface area (Å²) >= 11 is 4.28. The Morgan fingerprint density at radius 1 is 0.368 bits per heavy atom. The highest BCUT2D eigenvalue weighted by atomic mass is 32.1. The molecule has 0 fully saturated rings. The first kappa shape index (κ1) is 116. The second-order valence-electron chi connectivity index (χ2n) is 33.5. The number of hydrogen-bond acceptors (Lipinski definition) is 27. The highest BCUT2D eigenvalue weighted by Crippen LogP contribution is 2.17. The van der Waals surface area contributed by atoms with E-state index in [2.05, 4.69) is 97.7 Å². The largest absolute Gasteiger partial charge is 0.508 e. The van der Waals surface area contributed by atoms with Gasteiger partial charge in [0.25, 0.3) is 0 Å². The summed E-state index contributed by atoms with van der Waals surface area (Å²) in [6.07, 6.45) is -2.81. The molecule has 0 saturated heterocycles. The number of phenols is 1. The van der Waals surface area contributed by atoms with Crippen LogP contribution in [-0.2, 0) is 114 Å². The number of primary amides is 2. The van der Waals surface area contributed by atoms with Crippen molar-refractivity contribution in [2.75, 3.05) is 45.0 Å². The van der Waals surface area contributed by atoms with Gasteiger partial charge in [0.2, 0.25) is 112 Å². The normalized spacial score (nSPS) is 14.7. The molecule has 16 atom stereocenters. The standard InChI is InChI=1S/C85H136N22O25S/c1-11-46(8)70(106-68(115)39-91-65(112)38-93-84(130)71(48(10)108)107-81(127)59(34-49-19-13-12-14-20-49)104-75(121)53(21-15-17-29-86)98-73(119)52(88)27-28-63(89)110)83(129)94-41-66(113)96-60(36-64(90)111)80(126)99-54(22-16-18-30-87)76(122)101-57(33-45(6)7)79(125)105-62(42-133)82(128)95-47(9)72(118)100-55(31-43(2)3)77(123)102-56(32-44(4)5)78(124)103-58(35-50-23-25-51(109)26-24-50)74(120)92-40-67(114)97-61(85(131)132)37-69(116)117/h12-14,19-20,23-26,43-48,52-62,70-71,108-109,133H,11,15-18,21-22,27-42,86-88H2,1-10H3,(H2,89,110)(H2,90,111)(H,91,112)(H,92,120)(H,93,130)(H,94,129)(H,95,128)(H,96,113)(H,97,114)(H,98,119)(H,99,126)(H,100,118)(H,101,122)(H,102,123)(H,103,124)(H,104,121)(H,105,125)(H,106,115)(H,107,127)(H,116,117)(H,131,132)/t46-,47-,48+,52-,53-,54-,55-,56-,57-,58-,59-,60-,61-,62-,70-,71-/m0/s1. The summed E-state index contributed by atoms with van der Waals surface area (Å²) in [4.78, 5) is 281. The number of aliphatic carboxylic acids is 2. The highest BCUT2D eigenvalue weighted by Gasteiger charge is 2.39. The third kappa shape index (κ3) is 46.3. The zero-order valence-electron chi connectivity index (χ0n) is 76.6. The maximum Gasteiger partial charge on any atom is 0.326 e. The summed E-state index contributed by atoms with van der Waals surface area (Å²) in [7, 11) is 0. The van der Waals surface area contributed by atoms with Gasteiger partial charge < -0.3 is 139 Å². The van der Waals surface area contributed by atoms with Gasteiger partial charge in [0, 0.05) is 25.0 Å². The second-order valence-corrected chi connectivity index (χ2v) is 33.8. The molecule has 742 valence electrons. The zero-order valence-corrected chi connectivity index (χ0v) is 77.5. The molecule has 0 heterocycles. The van der Waals surface area contributed by atoms with Crippen LogP contribution in [0.4, 0.5) is 0 Å². The smallest absolute Gasteiger partial charge is 0.326 e. The number of benzene rings is 2. The number of hydrogen-bond donors (Lipinski definition) is 27. The average molecular weight is 1900 g/mol. The van der Waals surface area contributed by atoms with E-state index in [0.717, 1.165) is 6.92 Å². The van der Waals surface area contributed by atoms with Crippen LogP contribution in [0, 0.1) is 23.7 Å². The van der Waals surface area contributed by atoms with Crippen LogP contribution in [0.5, 0.6) is 5.75 Å². The van der Waals surface area contributed by atoms with Crippen molar-refractivity contribution in [2.45, 2.75) is 263 Å². The van der Waals surface area contributed by atoms with Gasteiger partial charge in [-0.3, -0.25) is 95.9 Å². The van der Waals surface area contributed by atoms with E-state index >= 15 is 0 Å². The van der Waals surface area contributed by atoms with E-state index in [9.17, 15) is 116 Å². The molecule has 2 aromatic carbocycles. The monoisotopic (exact) mass is 1900 g/mol. The molecule has 31 N–H and O–H groups in total. The molecule has 0 unspecified atom stereocenters. The molecule has 0 bridgehead atoms. The number of aliphatic hydroxyl groups is 1. The molecule has 2 rings (SSSR count). The van der Waals surface area contributed by atoms with Crippen molar-refractivity contribution in [1.29, 1.82) is 0 Å². The Balaban J connectivity index is 2.24. The number of thiol groups is 1. The maximum absolute atomic E-state index is 14.4. The van der Waals surface area contributed by atoms with Crippen molar-refractivity contribution in [2.24, 2.45) is 52.3 Å². The molecule has 2 aromatic rings. The number of aliphatic hydroxyl groups excluding tert-OH is 1. The fraction of sp³-hybridized carbons (Fsp3) is 0.612. The number of phenolic OH excluding ortho intramolecular Hbond substituents is 1. The van der Waals surface area contributed by atoms with E-state index in [1.165, 1.54) is 31.2 Å². The Labute approximate surface area is 776 Å². The van der Waals surface area contributed by atoms with Gasteiger partial charge in [-0.25, -0.2) is 4.79 Å². The van der Waals surface area contributed by atoms with E-state index in [-0.39, 0.29) is 113 Å². The topological polar surface area (TPSA) is 774 Å². The molecule has 0 aliphatic carbocycles. The lowest BCUT2D eigenvalue weighted by Gasteiger charge is -2.28. The number of carboxylic acids is 2. The van der Waals surface area contributed by atoms with Crippen molar-refractivity contribution in [1.82, 2.24) is 90.4 Å². The first-order valence-corrected chi connectivity index (χ1v) is 44.5. The van der Waals surface area contributed by atoms with Gasteiger partial charge in [0.15, 0.2) is 0 Å².